The zero-order valence-corrected chi connectivity index (χ0v) is 18.6. The topological polar surface area (TPSA) is 97.8 Å². The van der Waals surface area contributed by atoms with Crippen LogP contribution in [0.1, 0.15) is 11.5 Å². The predicted octanol–water partition coefficient (Wildman–Crippen LogP) is 4.65. The van der Waals surface area contributed by atoms with E-state index in [1.807, 2.05) is 17.0 Å². The van der Waals surface area contributed by atoms with Gasteiger partial charge in [-0.25, -0.2) is 0 Å². The Kier molecular flexibility index (Phi) is 6.62. The van der Waals surface area contributed by atoms with E-state index < -0.39 is 27.4 Å². The van der Waals surface area contributed by atoms with Gasteiger partial charge >= 0.3 is 6.18 Å². The fraction of sp³-hybridized carbons (Fsp3) is 0.333. The van der Waals surface area contributed by atoms with E-state index in [1.54, 1.807) is 24.1 Å². The van der Waals surface area contributed by atoms with Gasteiger partial charge in [0.2, 0.25) is 11.7 Å². The number of benzene rings is 2. The molecule has 0 bridgehead atoms. The summed E-state index contributed by atoms with van der Waals surface area (Å²) in [5.41, 5.74) is -1.03. The van der Waals surface area contributed by atoms with E-state index in [9.17, 15) is 23.3 Å². The first kappa shape index (κ1) is 23.8. The summed E-state index contributed by atoms with van der Waals surface area (Å²) < 4.78 is 49.8. The third kappa shape index (κ3) is 5.07. The minimum Gasteiger partial charge on any atom is -0.497 e. The summed E-state index contributed by atoms with van der Waals surface area (Å²) >= 11 is 5.80. The maximum Gasteiger partial charge on any atom is 0.418 e. The van der Waals surface area contributed by atoms with Crippen LogP contribution in [0.25, 0.3) is 11.4 Å². The Bertz CT molecular complexity index is 1180. The number of nitrogens with zero attached hydrogens (tertiary/aromatic N) is 5. The lowest BCUT2D eigenvalue weighted by molar-refractivity contribution is -0.384. The van der Waals surface area contributed by atoms with E-state index in [0.29, 0.717) is 56.3 Å². The number of ether oxygens (including phenoxy) is 1. The summed E-state index contributed by atoms with van der Waals surface area (Å²) in [6, 6.07) is 8.71. The molecule has 0 radical (unpaired) electrons. The van der Waals surface area contributed by atoms with Crippen LogP contribution < -0.4 is 9.64 Å². The molecule has 1 saturated heterocycles. The minimum atomic E-state index is -4.78. The van der Waals surface area contributed by atoms with Gasteiger partial charge in [0.25, 0.3) is 5.69 Å². The molecule has 180 valence electrons. The highest BCUT2D eigenvalue weighted by Gasteiger charge is 2.37. The van der Waals surface area contributed by atoms with Crippen molar-refractivity contribution in [1.82, 2.24) is 15.0 Å². The lowest BCUT2D eigenvalue weighted by atomic mass is 10.1. The molecule has 2 heterocycles. The molecular weight excluding hydrogens is 479 g/mol. The lowest BCUT2D eigenvalue weighted by Crippen LogP contribution is -2.46. The average molecular weight is 498 g/mol. The SMILES string of the molecule is COc1ccc(-c2noc(CN3CCN(c4cc(Cl)c(C(F)(F)F)cc4[N+](=O)[O-])CC3)n2)cc1. The van der Waals surface area contributed by atoms with Gasteiger partial charge in [0.15, 0.2) is 0 Å². The Hall–Kier alpha value is -3.38. The Labute approximate surface area is 196 Å². The second kappa shape index (κ2) is 9.47. The number of nitro groups is 1. The van der Waals surface area contributed by atoms with Gasteiger partial charge in [-0.1, -0.05) is 16.8 Å². The maximum atomic E-state index is 13.1. The van der Waals surface area contributed by atoms with E-state index in [-0.39, 0.29) is 5.69 Å². The first-order valence-corrected chi connectivity index (χ1v) is 10.5. The number of piperazine rings is 1. The number of aromatic nitrogens is 2. The van der Waals surface area contributed by atoms with Gasteiger partial charge in [-0.3, -0.25) is 15.0 Å². The fourth-order valence-electron chi connectivity index (χ4n) is 3.68. The van der Waals surface area contributed by atoms with Gasteiger partial charge in [-0.2, -0.15) is 18.2 Å². The summed E-state index contributed by atoms with van der Waals surface area (Å²) in [6.45, 7) is 2.03. The molecule has 0 aliphatic carbocycles. The van der Waals surface area contributed by atoms with E-state index in [4.69, 9.17) is 20.9 Å². The molecule has 0 atom stereocenters. The molecule has 0 saturated carbocycles. The number of anilines is 1. The van der Waals surface area contributed by atoms with Crippen molar-refractivity contribution in [3.8, 4) is 17.1 Å². The van der Waals surface area contributed by atoms with E-state index in [2.05, 4.69) is 10.1 Å². The smallest absolute Gasteiger partial charge is 0.418 e. The molecule has 2 aromatic carbocycles. The standard InChI is InChI=1S/C21H19ClF3N5O4/c1-33-14-4-2-13(3-5-14)20-26-19(34-27-20)12-28-6-8-29(9-7-28)17-11-16(22)15(21(23,24)25)10-18(17)30(31)32/h2-5,10-11H,6-9,12H2,1H3. The molecule has 1 aliphatic heterocycles. The van der Waals surface area contributed by atoms with Gasteiger partial charge in [0.05, 0.1) is 29.2 Å². The Morgan fingerprint density at radius 1 is 1.18 bits per heavy atom. The van der Waals surface area contributed by atoms with Crippen molar-refractivity contribution in [1.29, 1.82) is 0 Å². The van der Waals surface area contributed by atoms with Gasteiger partial charge in [-0.05, 0) is 30.3 Å². The zero-order valence-electron chi connectivity index (χ0n) is 17.9. The van der Waals surface area contributed by atoms with Crippen LogP contribution in [-0.4, -0.2) is 53.3 Å². The molecule has 34 heavy (non-hydrogen) atoms. The van der Waals surface area contributed by atoms with Crippen LogP contribution in [-0.2, 0) is 12.7 Å². The van der Waals surface area contributed by atoms with Crippen LogP contribution in [0.15, 0.2) is 40.9 Å². The highest BCUT2D eigenvalue weighted by Crippen LogP contribution is 2.41. The maximum absolute atomic E-state index is 13.1. The third-order valence-corrected chi connectivity index (χ3v) is 5.77. The largest absolute Gasteiger partial charge is 0.497 e. The molecule has 9 nitrogen and oxygen atoms in total. The first-order valence-electron chi connectivity index (χ1n) is 10.1. The van der Waals surface area contributed by atoms with Gasteiger partial charge in [0, 0.05) is 37.8 Å². The molecule has 0 spiro atoms. The number of halogens is 4. The summed E-state index contributed by atoms with van der Waals surface area (Å²) in [5.74, 6) is 1.55. The van der Waals surface area contributed by atoms with Crippen molar-refractivity contribution in [2.24, 2.45) is 0 Å². The number of rotatable bonds is 6. The van der Waals surface area contributed by atoms with Crippen LogP contribution in [0.4, 0.5) is 24.5 Å². The lowest BCUT2D eigenvalue weighted by Gasteiger charge is -2.35. The first-order chi connectivity index (χ1) is 16.2. The van der Waals surface area contributed by atoms with E-state index in [1.165, 1.54) is 0 Å². The molecule has 0 unspecified atom stereocenters. The molecule has 0 N–H and O–H groups in total. The Balaban J connectivity index is 1.42. The molecule has 4 rings (SSSR count). The van der Waals surface area contributed by atoms with Crippen molar-refractivity contribution < 1.29 is 27.4 Å². The number of hydrogen-bond acceptors (Lipinski definition) is 8. The average Bonchev–Trinajstić information content (AvgIpc) is 3.27. The van der Waals surface area contributed by atoms with Crippen molar-refractivity contribution in [2.75, 3.05) is 38.2 Å². The molecule has 3 aromatic rings. The minimum absolute atomic E-state index is 0.0576. The van der Waals surface area contributed by atoms with Crippen molar-refractivity contribution in [3.63, 3.8) is 0 Å². The van der Waals surface area contributed by atoms with Crippen LogP contribution in [0.3, 0.4) is 0 Å². The summed E-state index contributed by atoms with van der Waals surface area (Å²) in [7, 11) is 1.57. The molecular formula is C21H19ClF3N5O4. The van der Waals surface area contributed by atoms with Crippen LogP contribution in [0, 0.1) is 10.1 Å². The monoisotopic (exact) mass is 497 g/mol. The van der Waals surface area contributed by atoms with Crippen molar-refractivity contribution >= 4 is 23.0 Å². The number of nitro benzene ring substituents is 1. The molecule has 1 fully saturated rings. The highest BCUT2D eigenvalue weighted by atomic mass is 35.5. The summed E-state index contributed by atoms with van der Waals surface area (Å²) in [4.78, 5) is 18.7. The second-order valence-corrected chi connectivity index (χ2v) is 7.99. The molecule has 13 heteroatoms. The zero-order chi connectivity index (χ0) is 24.5. The normalized spacial score (nSPS) is 14.9. The number of methoxy groups -OCH3 is 1. The van der Waals surface area contributed by atoms with Crippen LogP contribution >= 0.6 is 11.6 Å². The van der Waals surface area contributed by atoms with Gasteiger partial charge < -0.3 is 14.2 Å². The summed E-state index contributed by atoms with van der Waals surface area (Å²) in [6.07, 6.45) is -4.78. The Morgan fingerprint density at radius 3 is 2.44 bits per heavy atom. The molecule has 1 aromatic heterocycles. The van der Waals surface area contributed by atoms with Crippen molar-refractivity contribution in [2.45, 2.75) is 12.7 Å². The molecule has 1 aliphatic rings. The highest BCUT2D eigenvalue weighted by molar-refractivity contribution is 6.31. The fourth-order valence-corrected chi connectivity index (χ4v) is 3.95. The number of alkyl halides is 3. The van der Waals surface area contributed by atoms with Crippen LogP contribution in [0.2, 0.25) is 5.02 Å². The third-order valence-electron chi connectivity index (χ3n) is 5.45. The van der Waals surface area contributed by atoms with Gasteiger partial charge in [0.1, 0.15) is 11.4 Å². The number of hydrogen-bond donors (Lipinski definition) is 0. The van der Waals surface area contributed by atoms with E-state index >= 15 is 0 Å². The van der Waals surface area contributed by atoms with E-state index in [0.717, 1.165) is 11.6 Å². The summed E-state index contributed by atoms with van der Waals surface area (Å²) in [5, 5.41) is 14.9. The van der Waals surface area contributed by atoms with Crippen LogP contribution in [0.5, 0.6) is 5.75 Å². The second-order valence-electron chi connectivity index (χ2n) is 7.58. The predicted molar refractivity (Wildman–Crippen MR) is 117 cm³/mol. The Morgan fingerprint density at radius 2 is 1.85 bits per heavy atom. The quantitative estimate of drug-likeness (QED) is 0.358. The van der Waals surface area contributed by atoms with Crippen molar-refractivity contribution in [3.05, 3.63) is 63.0 Å². The molecule has 0 amide bonds. The van der Waals surface area contributed by atoms with Gasteiger partial charge in [-0.15, -0.1) is 0 Å².